The number of halogens is 1. The summed E-state index contributed by atoms with van der Waals surface area (Å²) in [5, 5.41) is 6.20. The van der Waals surface area contributed by atoms with Crippen molar-refractivity contribution >= 4 is 18.3 Å². The number of carbonyl (C=O) groups excluding carboxylic acids is 1. The Morgan fingerprint density at radius 1 is 1.42 bits per heavy atom. The molecule has 1 fully saturated rings. The van der Waals surface area contributed by atoms with Crippen molar-refractivity contribution in [2.24, 2.45) is 5.92 Å². The number of rotatable bonds is 6. The first-order valence-corrected chi connectivity index (χ1v) is 8.66. The van der Waals surface area contributed by atoms with Crippen LogP contribution in [-0.4, -0.2) is 25.5 Å². The van der Waals surface area contributed by atoms with Crippen molar-refractivity contribution in [3.63, 3.8) is 0 Å². The minimum absolute atomic E-state index is 0. The Morgan fingerprint density at radius 3 is 2.67 bits per heavy atom. The zero-order valence-corrected chi connectivity index (χ0v) is 15.6. The Labute approximate surface area is 150 Å². The van der Waals surface area contributed by atoms with E-state index in [9.17, 15) is 9.59 Å². The van der Waals surface area contributed by atoms with Gasteiger partial charge >= 0.3 is 5.63 Å². The maximum Gasteiger partial charge on any atom is 0.349 e. The van der Waals surface area contributed by atoms with Crippen molar-refractivity contribution in [1.82, 2.24) is 10.6 Å². The van der Waals surface area contributed by atoms with Gasteiger partial charge in [0.15, 0.2) is 0 Å². The Hall–Kier alpha value is -1.33. The fourth-order valence-corrected chi connectivity index (χ4v) is 3.14. The molecule has 2 rings (SSSR count). The molecule has 0 aromatic carbocycles. The first-order valence-electron chi connectivity index (χ1n) is 8.66. The molecular weight excluding hydrogens is 328 g/mol. The highest BCUT2D eigenvalue weighted by atomic mass is 35.5. The maximum atomic E-state index is 12.3. The van der Waals surface area contributed by atoms with Gasteiger partial charge in [-0.2, -0.15) is 0 Å². The molecule has 24 heavy (non-hydrogen) atoms. The number of hydrogen-bond donors (Lipinski definition) is 2. The summed E-state index contributed by atoms with van der Waals surface area (Å²) in [6.07, 6.45) is 4.11. The van der Waals surface area contributed by atoms with Gasteiger partial charge in [-0.3, -0.25) is 4.79 Å². The van der Waals surface area contributed by atoms with E-state index in [1.807, 2.05) is 13.0 Å². The van der Waals surface area contributed by atoms with E-state index < -0.39 is 5.63 Å². The van der Waals surface area contributed by atoms with Crippen molar-refractivity contribution in [3.05, 3.63) is 33.4 Å². The Bertz CT molecular complexity index is 594. The standard InChI is InChI=1S/C18H28N2O3.ClH/c1-4-5-12(2)15-10-13(3)16(18(22)23-15)17(21)20-11-14-6-8-19-9-7-14;/h10,12,14,19H,4-9,11H2,1-3H3,(H,20,21);1H. The fourth-order valence-electron chi connectivity index (χ4n) is 3.14. The quantitative estimate of drug-likeness (QED) is 0.821. The predicted octanol–water partition coefficient (Wildman–Crippen LogP) is 3.00. The Balaban J connectivity index is 0.00000288. The van der Waals surface area contributed by atoms with Crippen molar-refractivity contribution in [3.8, 4) is 0 Å². The van der Waals surface area contributed by atoms with Gasteiger partial charge in [0.05, 0.1) is 0 Å². The van der Waals surface area contributed by atoms with E-state index in [-0.39, 0.29) is 29.8 Å². The van der Waals surface area contributed by atoms with E-state index in [4.69, 9.17) is 4.42 Å². The van der Waals surface area contributed by atoms with Crippen LogP contribution in [0, 0.1) is 12.8 Å². The summed E-state index contributed by atoms with van der Waals surface area (Å²) in [7, 11) is 0. The van der Waals surface area contributed by atoms with E-state index >= 15 is 0 Å². The lowest BCUT2D eigenvalue weighted by Crippen LogP contribution is -2.37. The smallest absolute Gasteiger partial charge is 0.349 e. The number of amides is 1. The second-order valence-electron chi connectivity index (χ2n) is 6.59. The molecular formula is C18H29ClN2O3. The molecule has 2 heterocycles. The Kier molecular flexibility index (Phi) is 8.50. The summed E-state index contributed by atoms with van der Waals surface area (Å²) in [5.41, 5.74) is 0.319. The molecule has 0 bridgehead atoms. The number of piperidine rings is 1. The van der Waals surface area contributed by atoms with Crippen LogP contribution < -0.4 is 16.3 Å². The Morgan fingerprint density at radius 2 is 2.08 bits per heavy atom. The van der Waals surface area contributed by atoms with Crippen molar-refractivity contribution in [2.75, 3.05) is 19.6 Å². The van der Waals surface area contributed by atoms with Gasteiger partial charge in [-0.1, -0.05) is 20.3 Å². The summed E-state index contributed by atoms with van der Waals surface area (Å²) < 4.78 is 5.39. The average molecular weight is 357 g/mol. The van der Waals surface area contributed by atoms with Crippen LogP contribution in [0.3, 0.4) is 0 Å². The van der Waals surface area contributed by atoms with Crippen molar-refractivity contribution in [2.45, 2.75) is 52.4 Å². The van der Waals surface area contributed by atoms with Gasteiger partial charge in [-0.05, 0) is 56.8 Å². The summed E-state index contributed by atoms with van der Waals surface area (Å²) in [4.78, 5) is 24.6. The molecule has 136 valence electrons. The van der Waals surface area contributed by atoms with Crippen LogP contribution in [0.2, 0.25) is 0 Å². The SMILES string of the molecule is CCCC(C)c1cc(C)c(C(=O)NCC2CCNCC2)c(=O)o1.Cl. The van der Waals surface area contributed by atoms with Gasteiger partial charge in [-0.25, -0.2) is 4.79 Å². The molecule has 1 aromatic rings. The van der Waals surface area contributed by atoms with Gasteiger partial charge < -0.3 is 15.1 Å². The third kappa shape index (κ3) is 5.35. The maximum absolute atomic E-state index is 12.3. The van der Waals surface area contributed by atoms with Crippen LogP contribution in [0.25, 0.3) is 0 Å². The molecule has 0 aliphatic carbocycles. The highest BCUT2D eigenvalue weighted by Gasteiger charge is 2.20. The largest absolute Gasteiger partial charge is 0.427 e. The van der Waals surface area contributed by atoms with E-state index in [1.54, 1.807) is 6.92 Å². The van der Waals surface area contributed by atoms with Crippen molar-refractivity contribution in [1.29, 1.82) is 0 Å². The summed E-state index contributed by atoms with van der Waals surface area (Å²) in [5.74, 6) is 1.03. The third-order valence-corrected chi connectivity index (χ3v) is 4.61. The van der Waals surface area contributed by atoms with Crippen molar-refractivity contribution < 1.29 is 9.21 Å². The van der Waals surface area contributed by atoms with Gasteiger partial charge in [0.2, 0.25) is 0 Å². The predicted molar refractivity (Wildman–Crippen MR) is 98.2 cm³/mol. The molecule has 2 N–H and O–H groups in total. The van der Waals surface area contributed by atoms with Crippen LogP contribution in [0.1, 0.15) is 67.1 Å². The van der Waals surface area contributed by atoms with Crippen LogP contribution in [0.15, 0.2) is 15.3 Å². The van der Waals surface area contributed by atoms with Crippen LogP contribution in [0.4, 0.5) is 0 Å². The number of carbonyl (C=O) groups is 1. The molecule has 1 aromatic heterocycles. The molecule has 0 radical (unpaired) electrons. The molecule has 1 aliphatic heterocycles. The topological polar surface area (TPSA) is 71.3 Å². The van der Waals surface area contributed by atoms with Crippen LogP contribution in [0.5, 0.6) is 0 Å². The van der Waals surface area contributed by atoms with Gasteiger partial charge in [0, 0.05) is 12.5 Å². The normalized spacial score (nSPS) is 16.3. The second kappa shape index (κ2) is 9.84. The fraction of sp³-hybridized carbons (Fsp3) is 0.667. The lowest BCUT2D eigenvalue weighted by Gasteiger charge is -2.22. The summed E-state index contributed by atoms with van der Waals surface area (Å²) >= 11 is 0. The summed E-state index contributed by atoms with van der Waals surface area (Å²) in [6, 6.07) is 1.83. The number of hydrogen-bond acceptors (Lipinski definition) is 4. The van der Waals surface area contributed by atoms with E-state index in [2.05, 4.69) is 17.6 Å². The highest BCUT2D eigenvalue weighted by molar-refractivity contribution is 5.95. The van der Waals surface area contributed by atoms with Gasteiger partial charge in [-0.15, -0.1) is 12.4 Å². The lowest BCUT2D eigenvalue weighted by atomic mass is 9.98. The minimum atomic E-state index is -0.522. The first kappa shape index (κ1) is 20.7. The molecule has 6 heteroatoms. The molecule has 1 aliphatic rings. The lowest BCUT2D eigenvalue weighted by molar-refractivity contribution is 0.0939. The molecule has 1 atom stereocenters. The number of nitrogens with one attached hydrogen (secondary N) is 2. The van der Waals surface area contributed by atoms with E-state index in [0.717, 1.165) is 38.8 Å². The minimum Gasteiger partial charge on any atom is -0.427 e. The van der Waals surface area contributed by atoms with E-state index in [0.29, 0.717) is 23.8 Å². The van der Waals surface area contributed by atoms with Gasteiger partial charge in [0.1, 0.15) is 11.3 Å². The summed E-state index contributed by atoms with van der Waals surface area (Å²) in [6.45, 7) is 8.55. The second-order valence-corrected chi connectivity index (χ2v) is 6.59. The zero-order chi connectivity index (χ0) is 16.8. The van der Waals surface area contributed by atoms with Crippen LogP contribution in [-0.2, 0) is 0 Å². The number of aryl methyl sites for hydroxylation is 1. The molecule has 1 unspecified atom stereocenters. The van der Waals surface area contributed by atoms with Crippen LogP contribution >= 0.6 is 12.4 Å². The highest BCUT2D eigenvalue weighted by Crippen LogP contribution is 2.21. The molecule has 1 saturated heterocycles. The monoisotopic (exact) mass is 356 g/mol. The molecule has 1 amide bonds. The average Bonchev–Trinajstić information content (AvgIpc) is 2.53. The zero-order valence-electron chi connectivity index (χ0n) is 14.8. The molecule has 0 spiro atoms. The third-order valence-electron chi connectivity index (χ3n) is 4.61. The first-order chi connectivity index (χ1) is 11.0. The van der Waals surface area contributed by atoms with Gasteiger partial charge in [0.25, 0.3) is 5.91 Å². The molecule has 0 saturated carbocycles. The molecule has 5 nitrogen and oxygen atoms in total. The van der Waals surface area contributed by atoms with E-state index in [1.165, 1.54) is 0 Å².